The Balaban J connectivity index is 1.50. The van der Waals surface area contributed by atoms with Gasteiger partial charge in [0.1, 0.15) is 9.79 Å². The lowest BCUT2D eigenvalue weighted by atomic mass is 10.0. The topological polar surface area (TPSA) is 201 Å². The van der Waals surface area contributed by atoms with Crippen LogP contribution >= 0.6 is 0 Å². The number of anilines is 2. The summed E-state index contributed by atoms with van der Waals surface area (Å²) in [7, 11) is -14.7. The maximum Gasteiger partial charge on any atom is 0.296 e. The Kier molecular flexibility index (Phi) is 10.2. The molecule has 1 aliphatic heterocycles. The number of hydrogen-bond donors (Lipinski definition) is 4. The van der Waals surface area contributed by atoms with Gasteiger partial charge in [-0.15, -0.1) is 0 Å². The van der Waals surface area contributed by atoms with Gasteiger partial charge in [-0.1, -0.05) is 76.2 Å². The van der Waals surface area contributed by atoms with Crippen LogP contribution in [0.5, 0.6) is 0 Å². The molecule has 0 bridgehead atoms. The van der Waals surface area contributed by atoms with Gasteiger partial charge in [0.15, 0.2) is 0 Å². The first-order valence-electron chi connectivity index (χ1n) is 15.5. The van der Waals surface area contributed by atoms with Crippen molar-refractivity contribution in [2.45, 2.75) is 59.1 Å². The van der Waals surface area contributed by atoms with Gasteiger partial charge >= 0.3 is 0 Å². The molecule has 1 heterocycles. The highest BCUT2D eigenvalue weighted by Gasteiger charge is 2.38. The van der Waals surface area contributed by atoms with Crippen molar-refractivity contribution in [1.29, 1.82) is 0 Å². The summed E-state index contributed by atoms with van der Waals surface area (Å²) >= 11 is 0. The van der Waals surface area contributed by atoms with Crippen LogP contribution < -0.4 is 10.6 Å². The molecule has 4 aromatic rings. The fourth-order valence-corrected chi connectivity index (χ4v) is 8.41. The number of benzene rings is 4. The Morgan fingerprint density at radius 2 is 0.941 bits per heavy atom. The summed E-state index contributed by atoms with van der Waals surface area (Å²) in [5.41, 5.74) is 1.68. The average Bonchev–Trinajstić information content (AvgIpc) is 3.26. The van der Waals surface area contributed by atoms with E-state index in [1.165, 1.54) is 12.2 Å². The molecule has 0 aliphatic carbocycles. The molecule has 266 valence electrons. The predicted molar refractivity (Wildman–Crippen MR) is 193 cm³/mol. The average molecular weight is 751 g/mol. The number of hydrogen-bond acceptors (Lipinski definition) is 8. The van der Waals surface area contributed by atoms with Gasteiger partial charge in [-0.2, -0.15) is 16.8 Å². The molecule has 0 saturated heterocycles. The van der Waals surface area contributed by atoms with Crippen molar-refractivity contribution in [2.75, 3.05) is 10.6 Å². The molecule has 12 nitrogen and oxygen atoms in total. The van der Waals surface area contributed by atoms with Crippen LogP contribution in [0, 0.1) is 0 Å². The first-order chi connectivity index (χ1) is 23.8. The van der Waals surface area contributed by atoms with Gasteiger partial charge in [0.25, 0.3) is 20.2 Å². The van der Waals surface area contributed by atoms with E-state index in [0.717, 1.165) is 47.5 Å². The van der Waals surface area contributed by atoms with Crippen molar-refractivity contribution in [2.24, 2.45) is 0 Å². The second-order valence-electron chi connectivity index (χ2n) is 12.4. The fourth-order valence-electron chi connectivity index (χ4n) is 5.40. The SMILES string of the molecule is CC(C)c1ccc(C=CC(=O)Nc2cc3c(cc2S(=O)(=O)O)-c2cc(S(=O)(=O)O)c(NC(=O)C=Cc4ccc(C(C)C)cc4)cc2S3(=O)=O)cc1. The van der Waals surface area contributed by atoms with Gasteiger partial charge in [-0.3, -0.25) is 18.7 Å². The monoisotopic (exact) mass is 750 g/mol. The number of rotatable bonds is 10. The van der Waals surface area contributed by atoms with Crippen LogP contribution in [-0.4, -0.2) is 46.2 Å². The third kappa shape index (κ3) is 8.18. The standard InChI is InChI=1S/C36H34N2O10S3/c1-21(2)25-11-5-23(6-12-25)9-15-35(39)37-29-19-31-27(17-33(29)50(43,44)45)28-18-34(51(46,47)48)30(20-32(28)49(31,41)42)38-36(40)16-10-24-7-13-26(14-8-24)22(3)4/h5-22H,1-4H3,(H,37,39)(H,38,40)(H,43,44,45)(H,46,47,48). The maximum atomic E-state index is 13.8. The zero-order valence-electron chi connectivity index (χ0n) is 27.8. The van der Waals surface area contributed by atoms with E-state index in [4.69, 9.17) is 0 Å². The lowest BCUT2D eigenvalue weighted by Gasteiger charge is -2.12. The minimum atomic E-state index is -5.09. The third-order valence-electron chi connectivity index (χ3n) is 8.16. The molecule has 1 aliphatic rings. The van der Waals surface area contributed by atoms with Gasteiger partial charge < -0.3 is 10.6 Å². The van der Waals surface area contributed by atoms with Crippen LogP contribution in [0.4, 0.5) is 11.4 Å². The van der Waals surface area contributed by atoms with Gasteiger partial charge in [0.2, 0.25) is 21.7 Å². The van der Waals surface area contributed by atoms with Crippen LogP contribution in [-0.2, 0) is 39.7 Å². The van der Waals surface area contributed by atoms with Crippen molar-refractivity contribution in [3.8, 4) is 11.1 Å². The molecule has 2 amide bonds. The molecule has 0 aromatic heterocycles. The summed E-state index contributed by atoms with van der Waals surface area (Å²) in [5, 5.41) is 4.58. The van der Waals surface area contributed by atoms with E-state index >= 15 is 0 Å². The molecule has 0 spiro atoms. The minimum Gasteiger partial charge on any atom is -0.321 e. The quantitative estimate of drug-likeness (QED) is 0.0897. The van der Waals surface area contributed by atoms with E-state index in [9.17, 15) is 43.9 Å². The Labute approximate surface area is 296 Å². The van der Waals surface area contributed by atoms with Crippen LogP contribution in [0.15, 0.2) is 105 Å². The summed E-state index contributed by atoms with van der Waals surface area (Å²) in [6, 6.07) is 17.9. The summed E-state index contributed by atoms with van der Waals surface area (Å²) in [6.07, 6.45) is 5.10. The summed E-state index contributed by atoms with van der Waals surface area (Å²) in [6.45, 7) is 8.10. The Bertz CT molecular complexity index is 2280. The molecule has 0 saturated carbocycles. The van der Waals surface area contributed by atoms with E-state index in [1.807, 2.05) is 52.0 Å². The maximum absolute atomic E-state index is 13.8. The molecule has 4 N–H and O–H groups in total. The number of sulfone groups is 1. The normalized spacial score (nSPS) is 13.9. The van der Waals surface area contributed by atoms with Gasteiger partial charge in [0, 0.05) is 23.3 Å². The third-order valence-corrected chi connectivity index (χ3v) is 11.8. The van der Waals surface area contributed by atoms with Crippen LogP contribution in [0.25, 0.3) is 23.3 Å². The highest BCUT2D eigenvalue weighted by atomic mass is 32.2. The Morgan fingerprint density at radius 3 is 1.24 bits per heavy atom. The van der Waals surface area contributed by atoms with Gasteiger partial charge in [-0.05, 0) is 70.5 Å². The van der Waals surface area contributed by atoms with E-state index < -0.39 is 72.8 Å². The molecular formula is C36H34N2O10S3. The minimum absolute atomic E-state index is 0.290. The molecule has 0 fully saturated rings. The molecule has 15 heteroatoms. The Hall–Kier alpha value is -4.93. The highest BCUT2D eigenvalue weighted by Crippen LogP contribution is 2.48. The van der Waals surface area contributed by atoms with Crippen LogP contribution in [0.1, 0.15) is 61.8 Å². The largest absolute Gasteiger partial charge is 0.321 e. The first-order valence-corrected chi connectivity index (χ1v) is 19.9. The van der Waals surface area contributed by atoms with E-state index in [2.05, 4.69) is 10.6 Å². The van der Waals surface area contributed by atoms with E-state index in [1.54, 1.807) is 24.3 Å². The molecule has 5 rings (SSSR count). The number of carbonyl (C=O) groups is 2. The number of amides is 2. The Morgan fingerprint density at radius 1 is 0.608 bits per heavy atom. The summed E-state index contributed by atoms with van der Waals surface area (Å²) in [5.74, 6) is -1.11. The van der Waals surface area contributed by atoms with Crippen molar-refractivity contribution >= 4 is 65.4 Å². The van der Waals surface area contributed by atoms with Gasteiger partial charge in [-0.25, -0.2) is 8.42 Å². The molecule has 4 aromatic carbocycles. The van der Waals surface area contributed by atoms with Crippen molar-refractivity contribution in [1.82, 2.24) is 0 Å². The smallest absolute Gasteiger partial charge is 0.296 e. The van der Waals surface area contributed by atoms with Gasteiger partial charge in [0.05, 0.1) is 21.2 Å². The number of nitrogens with one attached hydrogen (secondary N) is 2. The summed E-state index contributed by atoms with van der Waals surface area (Å²) < 4.78 is 97.3. The number of fused-ring (bicyclic) bond motifs is 3. The lowest BCUT2D eigenvalue weighted by molar-refractivity contribution is -0.112. The second-order valence-corrected chi connectivity index (χ2v) is 17.1. The number of carbonyl (C=O) groups excluding carboxylic acids is 2. The van der Waals surface area contributed by atoms with Crippen LogP contribution in [0.2, 0.25) is 0 Å². The zero-order chi connectivity index (χ0) is 37.5. The van der Waals surface area contributed by atoms with E-state index in [-0.39, 0.29) is 23.0 Å². The molecule has 0 radical (unpaired) electrons. The highest BCUT2D eigenvalue weighted by molar-refractivity contribution is 7.92. The zero-order valence-corrected chi connectivity index (χ0v) is 30.2. The van der Waals surface area contributed by atoms with Crippen LogP contribution in [0.3, 0.4) is 0 Å². The van der Waals surface area contributed by atoms with E-state index in [0.29, 0.717) is 11.1 Å². The fraction of sp³-hybridized carbons (Fsp3) is 0.167. The molecule has 0 unspecified atom stereocenters. The molecule has 0 atom stereocenters. The first kappa shape index (κ1) is 37.3. The summed E-state index contributed by atoms with van der Waals surface area (Å²) in [4.78, 5) is 22.9. The van der Waals surface area contributed by atoms with Crippen molar-refractivity contribution in [3.63, 3.8) is 0 Å². The van der Waals surface area contributed by atoms with Crippen molar-refractivity contribution in [3.05, 3.63) is 107 Å². The van der Waals surface area contributed by atoms with Crippen molar-refractivity contribution < 1.29 is 43.9 Å². The molecule has 51 heavy (non-hydrogen) atoms. The predicted octanol–water partition coefficient (Wildman–Crippen LogP) is 6.54. The second kappa shape index (κ2) is 14.0. The lowest BCUT2D eigenvalue weighted by Crippen LogP contribution is -2.13. The molecular weight excluding hydrogens is 717 g/mol.